The maximum absolute atomic E-state index is 13.4. The summed E-state index contributed by atoms with van der Waals surface area (Å²) in [6.45, 7) is 4.63. The first kappa shape index (κ1) is 22.0. The molecule has 0 fully saturated rings. The highest BCUT2D eigenvalue weighted by Crippen LogP contribution is 2.38. The van der Waals surface area contributed by atoms with E-state index in [1.54, 1.807) is 29.2 Å². The quantitative estimate of drug-likeness (QED) is 0.289. The average molecular weight is 457 g/mol. The molecular weight excluding hydrogens is 436 g/mol. The number of nitro groups is 1. The predicted molar refractivity (Wildman–Crippen MR) is 119 cm³/mol. The summed E-state index contributed by atoms with van der Waals surface area (Å²) in [5.74, 6) is -0.417. The fourth-order valence-electron chi connectivity index (χ4n) is 3.90. The standard InChI is InChI=1S/C23H21ClN2O6/c1-13(2)31-11-3-10-25-20(14-4-7-16(8-5-14)26(29)30)19-21(27)17-12-15(24)6-9-18(17)32-22(19)23(25)28/h4-9,12-13,20H,3,10-11H2,1-2H3/t20-/m1/s1. The average Bonchev–Trinajstić information content (AvgIpc) is 3.04. The van der Waals surface area contributed by atoms with Gasteiger partial charge in [-0.15, -0.1) is 0 Å². The van der Waals surface area contributed by atoms with Gasteiger partial charge in [-0.25, -0.2) is 0 Å². The number of ether oxygens (including phenoxy) is 1. The van der Waals surface area contributed by atoms with Gasteiger partial charge in [-0.2, -0.15) is 0 Å². The van der Waals surface area contributed by atoms with E-state index >= 15 is 0 Å². The Morgan fingerprint density at radius 2 is 1.91 bits per heavy atom. The van der Waals surface area contributed by atoms with Gasteiger partial charge in [0.05, 0.1) is 28.0 Å². The van der Waals surface area contributed by atoms with Gasteiger partial charge < -0.3 is 14.1 Å². The minimum absolute atomic E-state index is 0.0158. The number of fused-ring (bicyclic) bond motifs is 2. The Morgan fingerprint density at radius 3 is 2.56 bits per heavy atom. The Hall–Kier alpha value is -3.23. The molecule has 1 aliphatic heterocycles. The molecular formula is C23H21ClN2O6. The Morgan fingerprint density at radius 1 is 1.19 bits per heavy atom. The van der Waals surface area contributed by atoms with E-state index in [-0.39, 0.29) is 39.5 Å². The summed E-state index contributed by atoms with van der Waals surface area (Å²) in [4.78, 5) is 38.8. The molecule has 0 radical (unpaired) electrons. The molecule has 0 spiro atoms. The van der Waals surface area contributed by atoms with Crippen LogP contribution in [0.1, 0.15) is 48.0 Å². The lowest BCUT2D eigenvalue weighted by Gasteiger charge is -2.25. The maximum Gasteiger partial charge on any atom is 0.290 e. The fourth-order valence-corrected chi connectivity index (χ4v) is 4.07. The van der Waals surface area contributed by atoms with Crippen LogP contribution < -0.4 is 5.43 Å². The van der Waals surface area contributed by atoms with Crippen molar-refractivity contribution < 1.29 is 18.9 Å². The van der Waals surface area contributed by atoms with Crippen molar-refractivity contribution in [1.82, 2.24) is 4.90 Å². The maximum atomic E-state index is 13.4. The van der Waals surface area contributed by atoms with Gasteiger partial charge in [0.25, 0.3) is 11.6 Å². The number of carbonyl (C=O) groups is 1. The first-order valence-corrected chi connectivity index (χ1v) is 10.6. The Labute approximate surface area is 188 Å². The van der Waals surface area contributed by atoms with E-state index in [1.165, 1.54) is 18.2 Å². The SMILES string of the molecule is CC(C)OCCCN1C(=O)c2oc3ccc(Cl)cc3c(=O)c2[C@H]1c1ccc([N+](=O)[O-])cc1. The summed E-state index contributed by atoms with van der Waals surface area (Å²) in [5, 5.41) is 11.7. The lowest BCUT2D eigenvalue weighted by atomic mass is 9.98. The summed E-state index contributed by atoms with van der Waals surface area (Å²) >= 11 is 6.07. The highest BCUT2D eigenvalue weighted by Gasteiger charge is 2.42. The number of halogens is 1. The number of carbonyl (C=O) groups excluding carboxylic acids is 1. The molecule has 4 rings (SSSR count). The van der Waals surface area contributed by atoms with Gasteiger partial charge in [0.15, 0.2) is 5.43 Å². The van der Waals surface area contributed by atoms with Gasteiger partial charge in [0.2, 0.25) is 5.76 Å². The molecule has 1 aliphatic rings. The lowest BCUT2D eigenvalue weighted by molar-refractivity contribution is -0.384. The van der Waals surface area contributed by atoms with Gasteiger partial charge in [-0.3, -0.25) is 19.7 Å². The van der Waals surface area contributed by atoms with Crippen LogP contribution in [0.2, 0.25) is 5.02 Å². The highest BCUT2D eigenvalue weighted by atomic mass is 35.5. The van der Waals surface area contributed by atoms with Crippen molar-refractivity contribution in [2.75, 3.05) is 13.2 Å². The molecule has 2 heterocycles. The van der Waals surface area contributed by atoms with E-state index in [2.05, 4.69) is 0 Å². The normalized spacial score (nSPS) is 15.6. The number of hydrogen-bond acceptors (Lipinski definition) is 6. The van der Waals surface area contributed by atoms with Crippen molar-refractivity contribution in [2.45, 2.75) is 32.4 Å². The minimum Gasteiger partial charge on any atom is -0.450 e. The summed E-state index contributed by atoms with van der Waals surface area (Å²) in [6, 6.07) is 9.78. The molecule has 0 saturated carbocycles. The van der Waals surface area contributed by atoms with Crippen LogP contribution in [0.3, 0.4) is 0 Å². The molecule has 0 N–H and O–H groups in total. The molecule has 0 aliphatic carbocycles. The molecule has 3 aromatic rings. The zero-order valence-electron chi connectivity index (χ0n) is 17.5. The third-order valence-electron chi connectivity index (χ3n) is 5.34. The van der Waals surface area contributed by atoms with Crippen LogP contribution in [-0.2, 0) is 4.74 Å². The molecule has 2 aromatic carbocycles. The van der Waals surface area contributed by atoms with Crippen LogP contribution in [0.4, 0.5) is 5.69 Å². The van der Waals surface area contributed by atoms with Crippen LogP contribution >= 0.6 is 11.6 Å². The fraction of sp³-hybridized carbons (Fsp3) is 0.304. The zero-order chi connectivity index (χ0) is 23.0. The topological polar surface area (TPSA) is 103 Å². The predicted octanol–water partition coefficient (Wildman–Crippen LogP) is 4.71. The molecule has 1 atom stereocenters. The number of hydrogen-bond donors (Lipinski definition) is 0. The summed E-state index contributed by atoms with van der Waals surface area (Å²) < 4.78 is 11.4. The highest BCUT2D eigenvalue weighted by molar-refractivity contribution is 6.31. The van der Waals surface area contributed by atoms with Crippen molar-refractivity contribution in [1.29, 1.82) is 0 Å². The van der Waals surface area contributed by atoms with Gasteiger partial charge >= 0.3 is 0 Å². The summed E-state index contributed by atoms with van der Waals surface area (Å²) in [5.41, 5.74) is 0.650. The third-order valence-corrected chi connectivity index (χ3v) is 5.58. The first-order valence-electron chi connectivity index (χ1n) is 10.2. The molecule has 8 nitrogen and oxygen atoms in total. The number of nitro benzene ring substituents is 1. The van der Waals surface area contributed by atoms with E-state index in [1.807, 2.05) is 13.8 Å². The van der Waals surface area contributed by atoms with Crippen molar-refractivity contribution in [3.05, 3.63) is 84.7 Å². The molecule has 0 saturated heterocycles. The van der Waals surface area contributed by atoms with E-state index in [0.29, 0.717) is 30.2 Å². The van der Waals surface area contributed by atoms with Crippen LogP contribution in [0, 0.1) is 10.1 Å². The Kier molecular flexibility index (Phi) is 5.99. The Bertz CT molecular complexity index is 1250. The van der Waals surface area contributed by atoms with E-state index < -0.39 is 16.9 Å². The molecule has 9 heteroatoms. The first-order chi connectivity index (χ1) is 15.3. The van der Waals surface area contributed by atoms with E-state index in [4.69, 9.17) is 20.8 Å². The lowest BCUT2D eigenvalue weighted by Crippen LogP contribution is -2.31. The number of nitrogens with zero attached hydrogens (tertiary/aromatic N) is 2. The van der Waals surface area contributed by atoms with Crippen LogP contribution in [0.25, 0.3) is 11.0 Å². The Balaban J connectivity index is 1.81. The molecule has 0 unspecified atom stereocenters. The molecule has 0 bridgehead atoms. The molecule has 1 aromatic heterocycles. The van der Waals surface area contributed by atoms with Gasteiger partial charge in [-0.05, 0) is 56.2 Å². The van der Waals surface area contributed by atoms with Crippen molar-refractivity contribution >= 4 is 34.2 Å². The van der Waals surface area contributed by atoms with Gasteiger partial charge in [0, 0.05) is 30.3 Å². The largest absolute Gasteiger partial charge is 0.450 e. The van der Waals surface area contributed by atoms with Crippen LogP contribution in [0.5, 0.6) is 0 Å². The second kappa shape index (κ2) is 8.72. The van der Waals surface area contributed by atoms with Gasteiger partial charge in [-0.1, -0.05) is 11.6 Å². The third kappa shape index (κ3) is 3.99. The summed E-state index contributed by atoms with van der Waals surface area (Å²) in [7, 11) is 0. The monoisotopic (exact) mass is 456 g/mol. The van der Waals surface area contributed by atoms with Crippen molar-refractivity contribution in [2.24, 2.45) is 0 Å². The molecule has 1 amide bonds. The minimum atomic E-state index is -0.725. The van der Waals surface area contributed by atoms with Crippen molar-refractivity contribution in [3.8, 4) is 0 Å². The number of benzene rings is 2. The summed E-state index contributed by atoms with van der Waals surface area (Å²) in [6.07, 6.45) is 0.617. The number of non-ortho nitro benzene ring substituents is 1. The van der Waals surface area contributed by atoms with Crippen molar-refractivity contribution in [3.63, 3.8) is 0 Å². The second-order valence-corrected chi connectivity index (χ2v) is 8.27. The number of rotatable bonds is 7. The van der Waals surface area contributed by atoms with Gasteiger partial charge in [0.1, 0.15) is 5.58 Å². The van der Waals surface area contributed by atoms with Crippen LogP contribution in [0.15, 0.2) is 51.7 Å². The molecule has 32 heavy (non-hydrogen) atoms. The second-order valence-electron chi connectivity index (χ2n) is 7.84. The van der Waals surface area contributed by atoms with Crippen LogP contribution in [-0.4, -0.2) is 35.0 Å². The zero-order valence-corrected chi connectivity index (χ0v) is 18.3. The van der Waals surface area contributed by atoms with E-state index in [9.17, 15) is 19.7 Å². The smallest absolute Gasteiger partial charge is 0.290 e. The van der Waals surface area contributed by atoms with E-state index in [0.717, 1.165) is 0 Å². The number of amides is 1. The molecule has 166 valence electrons.